The topological polar surface area (TPSA) is 72.3 Å². The van der Waals surface area contributed by atoms with Crippen molar-refractivity contribution in [2.24, 2.45) is 11.1 Å². The first kappa shape index (κ1) is 19.3. The maximum absolute atomic E-state index is 14.4. The van der Waals surface area contributed by atoms with Gasteiger partial charge in [0, 0.05) is 36.6 Å². The van der Waals surface area contributed by atoms with E-state index in [9.17, 15) is 8.78 Å². The van der Waals surface area contributed by atoms with Gasteiger partial charge < -0.3 is 10.6 Å². The van der Waals surface area contributed by atoms with Crippen LogP contribution in [0.4, 0.5) is 14.6 Å². The molecular weight excluding hydrogens is 410 g/mol. The summed E-state index contributed by atoms with van der Waals surface area (Å²) < 4.78 is 29.8. The molecule has 0 bridgehead atoms. The number of anilines is 1. The number of hydrogen-bond donors (Lipinski definition) is 1. The fourth-order valence-corrected chi connectivity index (χ4v) is 5.34. The first-order chi connectivity index (χ1) is 15.6. The Hall–Kier alpha value is -3.39. The molecule has 1 aliphatic carbocycles. The minimum atomic E-state index is -0.901. The highest BCUT2D eigenvalue weighted by molar-refractivity contribution is 5.74. The van der Waals surface area contributed by atoms with E-state index < -0.39 is 11.6 Å². The zero-order chi connectivity index (χ0) is 21.9. The maximum Gasteiger partial charge on any atom is 0.168 e. The van der Waals surface area contributed by atoms with Gasteiger partial charge in [-0.3, -0.25) is 4.98 Å². The smallest absolute Gasteiger partial charge is 0.168 e. The van der Waals surface area contributed by atoms with Crippen LogP contribution >= 0.6 is 0 Å². The first-order valence-corrected chi connectivity index (χ1v) is 10.8. The molecule has 0 saturated carbocycles. The van der Waals surface area contributed by atoms with Crippen molar-refractivity contribution in [1.29, 1.82) is 0 Å². The Balaban J connectivity index is 1.31. The van der Waals surface area contributed by atoms with Gasteiger partial charge in [-0.05, 0) is 54.5 Å². The van der Waals surface area contributed by atoms with Gasteiger partial charge in [0.25, 0.3) is 0 Å². The molecule has 1 aliphatic heterocycles. The zero-order valence-corrected chi connectivity index (χ0v) is 17.4. The number of halogens is 2. The molecule has 162 valence electrons. The van der Waals surface area contributed by atoms with Crippen LogP contribution in [0.1, 0.15) is 30.1 Å². The zero-order valence-electron chi connectivity index (χ0n) is 17.4. The van der Waals surface area contributed by atoms with Gasteiger partial charge in [-0.1, -0.05) is 12.1 Å². The number of piperidine rings is 1. The molecule has 3 aromatic heterocycles. The molecule has 1 aromatic carbocycles. The fourth-order valence-electron chi connectivity index (χ4n) is 5.34. The molecular formula is C24H22F2N6. The molecule has 1 saturated heterocycles. The van der Waals surface area contributed by atoms with Crippen molar-refractivity contribution in [3.63, 3.8) is 0 Å². The van der Waals surface area contributed by atoms with Crippen LogP contribution in [0.2, 0.25) is 0 Å². The average Bonchev–Trinajstić information content (AvgIpc) is 3.40. The van der Waals surface area contributed by atoms with Gasteiger partial charge >= 0.3 is 0 Å². The molecule has 0 amide bonds. The van der Waals surface area contributed by atoms with Gasteiger partial charge in [0.2, 0.25) is 0 Å². The average molecular weight is 432 g/mol. The van der Waals surface area contributed by atoms with Crippen LogP contribution < -0.4 is 10.6 Å². The Morgan fingerprint density at radius 3 is 2.66 bits per heavy atom. The van der Waals surface area contributed by atoms with Crippen molar-refractivity contribution in [3.05, 3.63) is 77.9 Å². The van der Waals surface area contributed by atoms with E-state index in [-0.39, 0.29) is 17.0 Å². The van der Waals surface area contributed by atoms with Crippen molar-refractivity contribution in [2.75, 3.05) is 18.0 Å². The number of benzene rings is 1. The molecule has 4 heterocycles. The van der Waals surface area contributed by atoms with Gasteiger partial charge in [0.1, 0.15) is 5.52 Å². The second kappa shape index (κ2) is 7.06. The van der Waals surface area contributed by atoms with E-state index in [1.807, 2.05) is 18.3 Å². The van der Waals surface area contributed by atoms with Gasteiger partial charge in [-0.2, -0.15) is 5.10 Å². The minimum Gasteiger partial charge on any atom is -0.355 e. The standard InChI is InChI=1S/C24H22F2N6/c25-17-5-1-3-16(21(17)26)20-14-29-23(19-6-10-30-32(19)20)31-11-7-24(8-12-31)13-18-15(22(24)27)4-2-9-28-18/h1-6,9-10,14,22H,7-8,11-13,27H2. The molecule has 1 atom stereocenters. The molecule has 0 radical (unpaired) electrons. The van der Waals surface area contributed by atoms with Gasteiger partial charge in [0.15, 0.2) is 17.5 Å². The van der Waals surface area contributed by atoms with Crippen LogP contribution in [0.15, 0.2) is 55.0 Å². The molecule has 4 aromatic rings. The number of nitrogens with zero attached hydrogens (tertiary/aromatic N) is 5. The Bertz CT molecular complexity index is 1330. The van der Waals surface area contributed by atoms with E-state index in [1.165, 1.54) is 17.7 Å². The van der Waals surface area contributed by atoms with E-state index in [0.29, 0.717) is 5.69 Å². The summed E-state index contributed by atoms with van der Waals surface area (Å²) in [6.45, 7) is 1.62. The molecule has 1 unspecified atom stereocenters. The summed E-state index contributed by atoms with van der Waals surface area (Å²) in [6.07, 6.45) is 7.84. The number of nitrogens with two attached hydrogens (primary N) is 1. The Morgan fingerprint density at radius 1 is 1.00 bits per heavy atom. The van der Waals surface area contributed by atoms with Crippen molar-refractivity contribution in [1.82, 2.24) is 19.6 Å². The monoisotopic (exact) mass is 432 g/mol. The summed E-state index contributed by atoms with van der Waals surface area (Å²) in [4.78, 5) is 11.4. The third-order valence-electron chi connectivity index (χ3n) is 7.14. The van der Waals surface area contributed by atoms with Crippen molar-refractivity contribution < 1.29 is 8.78 Å². The lowest BCUT2D eigenvalue weighted by atomic mass is 9.73. The van der Waals surface area contributed by atoms with E-state index in [2.05, 4.69) is 26.0 Å². The summed E-state index contributed by atoms with van der Waals surface area (Å²) in [5.74, 6) is -1.00. The number of hydrogen-bond acceptors (Lipinski definition) is 5. The molecule has 6 nitrogen and oxygen atoms in total. The van der Waals surface area contributed by atoms with Gasteiger partial charge in [0.05, 0.1) is 18.1 Å². The Labute approximate surface area is 183 Å². The quantitative estimate of drug-likeness (QED) is 0.520. The van der Waals surface area contributed by atoms with E-state index in [1.54, 1.807) is 16.9 Å². The SMILES string of the molecule is NC1c2cccnc2CC12CCN(c1ncc(-c3cccc(F)c3F)n3nccc13)CC2. The maximum atomic E-state index is 14.4. The fraction of sp³-hybridized carbons (Fsp3) is 0.292. The summed E-state index contributed by atoms with van der Waals surface area (Å²) in [5.41, 5.74) is 10.3. The van der Waals surface area contributed by atoms with Gasteiger partial charge in [-0.15, -0.1) is 0 Å². The second-order valence-electron chi connectivity index (χ2n) is 8.74. The van der Waals surface area contributed by atoms with Crippen LogP contribution in [-0.4, -0.2) is 32.7 Å². The molecule has 2 aliphatic rings. The van der Waals surface area contributed by atoms with E-state index in [0.717, 1.165) is 55.4 Å². The van der Waals surface area contributed by atoms with Crippen molar-refractivity contribution in [2.45, 2.75) is 25.3 Å². The van der Waals surface area contributed by atoms with Crippen molar-refractivity contribution in [3.8, 4) is 11.3 Å². The van der Waals surface area contributed by atoms with Crippen LogP contribution in [0.5, 0.6) is 0 Å². The first-order valence-electron chi connectivity index (χ1n) is 10.8. The molecule has 8 heteroatoms. The number of pyridine rings is 1. The number of fused-ring (bicyclic) bond motifs is 2. The summed E-state index contributed by atoms with van der Waals surface area (Å²) in [5, 5.41) is 4.36. The van der Waals surface area contributed by atoms with Crippen LogP contribution in [0.25, 0.3) is 16.8 Å². The van der Waals surface area contributed by atoms with E-state index in [4.69, 9.17) is 5.73 Å². The molecule has 2 N–H and O–H groups in total. The summed E-state index contributed by atoms with van der Waals surface area (Å²) in [6, 6.07) is 10.0. The third kappa shape index (κ3) is 2.75. The van der Waals surface area contributed by atoms with E-state index >= 15 is 0 Å². The van der Waals surface area contributed by atoms with Crippen LogP contribution in [0.3, 0.4) is 0 Å². The highest BCUT2D eigenvalue weighted by Gasteiger charge is 2.46. The third-order valence-corrected chi connectivity index (χ3v) is 7.14. The highest BCUT2D eigenvalue weighted by Crippen LogP contribution is 2.50. The summed E-state index contributed by atoms with van der Waals surface area (Å²) >= 11 is 0. The lowest BCUT2D eigenvalue weighted by molar-refractivity contribution is 0.187. The van der Waals surface area contributed by atoms with Crippen LogP contribution in [0, 0.1) is 17.0 Å². The predicted molar refractivity (Wildman–Crippen MR) is 117 cm³/mol. The predicted octanol–water partition coefficient (Wildman–Crippen LogP) is 3.91. The summed E-state index contributed by atoms with van der Waals surface area (Å²) in [7, 11) is 0. The molecule has 1 spiro atoms. The van der Waals surface area contributed by atoms with Crippen LogP contribution in [-0.2, 0) is 6.42 Å². The number of aromatic nitrogens is 4. The largest absolute Gasteiger partial charge is 0.355 e. The second-order valence-corrected chi connectivity index (χ2v) is 8.74. The molecule has 32 heavy (non-hydrogen) atoms. The van der Waals surface area contributed by atoms with Gasteiger partial charge in [-0.25, -0.2) is 18.3 Å². The van der Waals surface area contributed by atoms with Crippen molar-refractivity contribution >= 4 is 11.3 Å². The molecule has 1 fully saturated rings. The highest BCUT2D eigenvalue weighted by atomic mass is 19.2. The minimum absolute atomic E-state index is 0.00498. The Morgan fingerprint density at radius 2 is 1.84 bits per heavy atom. The lowest BCUT2D eigenvalue weighted by Gasteiger charge is -2.42. The Kier molecular flexibility index (Phi) is 4.26. The molecule has 6 rings (SSSR count). The normalized spacial score (nSPS) is 19.6. The lowest BCUT2D eigenvalue weighted by Crippen LogP contribution is -2.44. The number of rotatable bonds is 2.